The fourth-order valence-corrected chi connectivity index (χ4v) is 2.08. The van der Waals surface area contributed by atoms with Crippen molar-refractivity contribution in [2.75, 3.05) is 20.8 Å². The van der Waals surface area contributed by atoms with Crippen molar-refractivity contribution in [1.82, 2.24) is 5.32 Å². The van der Waals surface area contributed by atoms with Crippen molar-refractivity contribution in [2.24, 2.45) is 0 Å². The molecule has 5 heteroatoms. The van der Waals surface area contributed by atoms with Crippen LogP contribution in [0.2, 0.25) is 5.02 Å². The van der Waals surface area contributed by atoms with Gasteiger partial charge < -0.3 is 14.8 Å². The highest BCUT2D eigenvalue weighted by molar-refractivity contribution is 6.30. The van der Waals surface area contributed by atoms with Gasteiger partial charge in [0, 0.05) is 14.2 Å². The van der Waals surface area contributed by atoms with Crippen LogP contribution in [0, 0.1) is 5.82 Å². The zero-order chi connectivity index (χ0) is 13.5. The van der Waals surface area contributed by atoms with Crippen molar-refractivity contribution in [3.8, 4) is 0 Å². The number of rotatable bonds is 7. The van der Waals surface area contributed by atoms with Crippen molar-refractivity contribution in [3.63, 3.8) is 0 Å². The molecule has 0 aliphatic carbocycles. The molecule has 0 heterocycles. The summed E-state index contributed by atoms with van der Waals surface area (Å²) >= 11 is 5.76. The second kappa shape index (κ2) is 7.69. The van der Waals surface area contributed by atoms with E-state index in [1.165, 1.54) is 6.07 Å². The molecule has 1 aromatic carbocycles. The van der Waals surface area contributed by atoms with Crippen molar-refractivity contribution in [1.29, 1.82) is 0 Å². The van der Waals surface area contributed by atoms with Crippen molar-refractivity contribution < 1.29 is 13.9 Å². The van der Waals surface area contributed by atoms with Gasteiger partial charge in [-0.3, -0.25) is 0 Å². The van der Waals surface area contributed by atoms with Gasteiger partial charge in [-0.1, -0.05) is 24.6 Å². The average molecular weight is 276 g/mol. The Morgan fingerprint density at radius 1 is 1.33 bits per heavy atom. The van der Waals surface area contributed by atoms with E-state index in [4.69, 9.17) is 21.1 Å². The summed E-state index contributed by atoms with van der Waals surface area (Å²) in [6, 6.07) is 4.71. The van der Waals surface area contributed by atoms with E-state index in [9.17, 15) is 4.39 Å². The number of hydrogen-bond acceptors (Lipinski definition) is 3. The SMILES string of the molecule is CCNC(Cc1ccc(F)c(Cl)c1)C(OC)OC. The molecule has 0 aliphatic heterocycles. The molecule has 0 spiro atoms. The molecular weight excluding hydrogens is 257 g/mol. The maximum Gasteiger partial charge on any atom is 0.172 e. The van der Waals surface area contributed by atoms with Crippen LogP contribution in [0.15, 0.2) is 18.2 Å². The van der Waals surface area contributed by atoms with Crippen molar-refractivity contribution in [3.05, 3.63) is 34.6 Å². The number of likely N-dealkylation sites (N-methyl/N-ethyl adjacent to an activating group) is 1. The van der Waals surface area contributed by atoms with Gasteiger partial charge in [-0.2, -0.15) is 0 Å². The van der Waals surface area contributed by atoms with Gasteiger partial charge in [-0.05, 0) is 30.7 Å². The molecule has 1 atom stereocenters. The molecule has 1 N–H and O–H groups in total. The summed E-state index contributed by atoms with van der Waals surface area (Å²) in [4.78, 5) is 0. The van der Waals surface area contributed by atoms with E-state index in [1.807, 2.05) is 6.92 Å². The smallest absolute Gasteiger partial charge is 0.172 e. The van der Waals surface area contributed by atoms with Gasteiger partial charge in [-0.15, -0.1) is 0 Å². The lowest BCUT2D eigenvalue weighted by atomic mass is 10.1. The first-order valence-electron chi connectivity index (χ1n) is 5.85. The van der Waals surface area contributed by atoms with Gasteiger partial charge in [0.25, 0.3) is 0 Å². The molecule has 0 aliphatic rings. The van der Waals surface area contributed by atoms with Crippen molar-refractivity contribution in [2.45, 2.75) is 25.7 Å². The Hall–Kier alpha value is -0.680. The number of halogens is 2. The molecule has 0 radical (unpaired) electrons. The van der Waals surface area contributed by atoms with Crippen LogP contribution in [-0.4, -0.2) is 33.1 Å². The maximum absolute atomic E-state index is 13.1. The van der Waals surface area contributed by atoms with E-state index in [-0.39, 0.29) is 17.4 Å². The predicted octanol–water partition coefficient (Wildman–Crippen LogP) is 2.62. The molecule has 1 aromatic rings. The molecule has 0 aromatic heterocycles. The lowest BCUT2D eigenvalue weighted by Crippen LogP contribution is -2.43. The monoisotopic (exact) mass is 275 g/mol. The van der Waals surface area contributed by atoms with E-state index in [2.05, 4.69) is 5.32 Å². The summed E-state index contributed by atoms with van der Waals surface area (Å²) < 4.78 is 23.6. The second-order valence-corrected chi connectivity index (χ2v) is 4.36. The van der Waals surface area contributed by atoms with Gasteiger partial charge in [0.15, 0.2) is 6.29 Å². The largest absolute Gasteiger partial charge is 0.354 e. The average Bonchev–Trinajstić information content (AvgIpc) is 2.35. The van der Waals surface area contributed by atoms with E-state index >= 15 is 0 Å². The minimum atomic E-state index is -0.407. The Balaban J connectivity index is 2.78. The predicted molar refractivity (Wildman–Crippen MR) is 70.4 cm³/mol. The highest BCUT2D eigenvalue weighted by Crippen LogP contribution is 2.18. The summed E-state index contributed by atoms with van der Waals surface area (Å²) in [5.74, 6) is -0.407. The quantitative estimate of drug-likeness (QED) is 0.776. The first kappa shape index (κ1) is 15.4. The number of hydrogen-bond donors (Lipinski definition) is 1. The first-order valence-corrected chi connectivity index (χ1v) is 6.23. The standard InChI is InChI=1S/C13H19ClFNO2/c1-4-16-12(13(17-2)18-3)8-9-5-6-11(15)10(14)7-9/h5-7,12-13,16H,4,8H2,1-3H3. The van der Waals surface area contributed by atoms with Crippen LogP contribution in [0.1, 0.15) is 12.5 Å². The van der Waals surface area contributed by atoms with E-state index in [0.29, 0.717) is 6.42 Å². The Morgan fingerprint density at radius 2 is 2.00 bits per heavy atom. The molecule has 0 saturated heterocycles. The van der Waals surface area contributed by atoms with Gasteiger partial charge in [-0.25, -0.2) is 4.39 Å². The van der Waals surface area contributed by atoms with Gasteiger partial charge in [0.2, 0.25) is 0 Å². The van der Waals surface area contributed by atoms with Crippen LogP contribution in [0.3, 0.4) is 0 Å². The molecule has 18 heavy (non-hydrogen) atoms. The fraction of sp³-hybridized carbons (Fsp3) is 0.538. The Morgan fingerprint density at radius 3 is 2.50 bits per heavy atom. The third-order valence-corrected chi connectivity index (χ3v) is 2.99. The van der Waals surface area contributed by atoms with Crippen molar-refractivity contribution >= 4 is 11.6 Å². The summed E-state index contributed by atoms with van der Waals surface area (Å²) in [5.41, 5.74) is 0.937. The third-order valence-electron chi connectivity index (χ3n) is 2.70. The minimum Gasteiger partial charge on any atom is -0.354 e. The molecule has 102 valence electrons. The maximum atomic E-state index is 13.1. The molecule has 0 fully saturated rings. The second-order valence-electron chi connectivity index (χ2n) is 3.96. The van der Waals surface area contributed by atoms with Gasteiger partial charge in [0.05, 0.1) is 11.1 Å². The molecule has 1 unspecified atom stereocenters. The molecular formula is C13H19ClFNO2. The summed E-state index contributed by atoms with van der Waals surface area (Å²) in [5, 5.41) is 3.41. The normalized spacial score (nSPS) is 13.0. The molecule has 0 saturated carbocycles. The zero-order valence-electron chi connectivity index (χ0n) is 10.9. The first-order chi connectivity index (χ1) is 8.62. The number of nitrogens with one attached hydrogen (secondary N) is 1. The Bertz CT molecular complexity index is 372. The zero-order valence-corrected chi connectivity index (χ0v) is 11.6. The van der Waals surface area contributed by atoms with Crippen LogP contribution < -0.4 is 5.32 Å². The topological polar surface area (TPSA) is 30.5 Å². The van der Waals surface area contributed by atoms with Gasteiger partial charge in [0.1, 0.15) is 5.82 Å². The molecule has 0 amide bonds. The van der Waals surface area contributed by atoms with E-state index in [0.717, 1.165) is 12.1 Å². The van der Waals surface area contributed by atoms with Crippen LogP contribution in [0.5, 0.6) is 0 Å². The fourth-order valence-electron chi connectivity index (χ4n) is 1.87. The highest BCUT2D eigenvalue weighted by atomic mass is 35.5. The Labute approximate surface area is 112 Å². The molecule has 3 nitrogen and oxygen atoms in total. The summed E-state index contributed by atoms with van der Waals surface area (Å²) in [7, 11) is 3.19. The van der Waals surface area contributed by atoms with Crippen LogP contribution >= 0.6 is 11.6 Å². The Kier molecular flexibility index (Phi) is 6.57. The lowest BCUT2D eigenvalue weighted by Gasteiger charge is -2.25. The third kappa shape index (κ3) is 4.21. The highest BCUT2D eigenvalue weighted by Gasteiger charge is 2.20. The molecule has 1 rings (SSSR count). The minimum absolute atomic E-state index is 0.00784. The van der Waals surface area contributed by atoms with E-state index in [1.54, 1.807) is 26.4 Å². The number of benzene rings is 1. The summed E-state index contributed by atoms with van der Waals surface area (Å²) in [6.45, 7) is 2.80. The van der Waals surface area contributed by atoms with Crippen LogP contribution in [0.4, 0.5) is 4.39 Å². The molecule has 0 bridgehead atoms. The number of ether oxygens (including phenoxy) is 2. The summed E-state index contributed by atoms with van der Waals surface area (Å²) in [6.07, 6.45) is 0.300. The van der Waals surface area contributed by atoms with Crippen LogP contribution in [-0.2, 0) is 15.9 Å². The van der Waals surface area contributed by atoms with Crippen LogP contribution in [0.25, 0.3) is 0 Å². The van der Waals surface area contributed by atoms with Gasteiger partial charge >= 0.3 is 0 Å². The van der Waals surface area contributed by atoms with E-state index < -0.39 is 5.82 Å². The number of methoxy groups -OCH3 is 2. The lowest BCUT2D eigenvalue weighted by molar-refractivity contribution is -0.122.